The van der Waals surface area contributed by atoms with Gasteiger partial charge in [-0.2, -0.15) is 0 Å². The zero-order valence-electron chi connectivity index (χ0n) is 22.6. The van der Waals surface area contributed by atoms with Crippen molar-refractivity contribution in [2.24, 2.45) is 0 Å². The zero-order chi connectivity index (χ0) is 26.7. The molecular formula is C36H34O4. The Bertz CT molecular complexity index is 1490. The molecule has 0 amide bonds. The lowest BCUT2D eigenvalue weighted by atomic mass is 9.80. The number of epoxide rings is 2. The highest BCUT2D eigenvalue weighted by molar-refractivity contribution is 5.78. The summed E-state index contributed by atoms with van der Waals surface area (Å²) in [4.78, 5) is 0. The van der Waals surface area contributed by atoms with Crippen LogP contribution in [0, 0.1) is 0 Å². The first-order chi connectivity index (χ1) is 19.8. The Hall–Kier alpha value is -3.86. The molecule has 202 valence electrons. The molecule has 0 bridgehead atoms. The van der Waals surface area contributed by atoms with Gasteiger partial charge in [0.1, 0.15) is 36.9 Å². The van der Waals surface area contributed by atoms with E-state index in [1.165, 1.54) is 27.8 Å². The van der Waals surface area contributed by atoms with Crippen LogP contribution in [0.3, 0.4) is 0 Å². The third-order valence-corrected chi connectivity index (χ3v) is 8.02. The molecule has 2 fully saturated rings. The van der Waals surface area contributed by atoms with Crippen molar-refractivity contribution in [2.45, 2.75) is 37.4 Å². The molecule has 3 aliphatic rings. The minimum atomic E-state index is 0.227. The van der Waals surface area contributed by atoms with Gasteiger partial charge in [0.2, 0.25) is 0 Å². The van der Waals surface area contributed by atoms with E-state index in [9.17, 15) is 0 Å². The van der Waals surface area contributed by atoms with Crippen molar-refractivity contribution in [3.63, 3.8) is 0 Å². The van der Waals surface area contributed by atoms with Crippen LogP contribution < -0.4 is 9.47 Å². The zero-order valence-corrected chi connectivity index (χ0v) is 22.6. The van der Waals surface area contributed by atoms with Gasteiger partial charge in [-0.25, -0.2) is 0 Å². The predicted octanol–water partition coefficient (Wildman–Crippen LogP) is 7.93. The highest BCUT2D eigenvalue weighted by Gasteiger charge is 2.26. The lowest BCUT2D eigenvalue weighted by Gasteiger charge is -2.25. The molecule has 7 rings (SSSR count). The minimum absolute atomic E-state index is 0.227. The van der Waals surface area contributed by atoms with E-state index in [1.54, 1.807) is 0 Å². The molecule has 4 nitrogen and oxygen atoms in total. The van der Waals surface area contributed by atoms with Gasteiger partial charge in [0.05, 0.1) is 13.2 Å². The quantitative estimate of drug-likeness (QED) is 0.195. The SMILES string of the molecule is C1=C(c2ccc(OCC3CO3)c(-c3ccccc3)c2)CC(c2ccc(OCC3CO3)c(-c3ccccc3)c2)CC1. The normalized spacial score (nSPS) is 21.4. The van der Waals surface area contributed by atoms with Gasteiger partial charge >= 0.3 is 0 Å². The molecule has 3 unspecified atom stereocenters. The average molecular weight is 531 g/mol. The maximum absolute atomic E-state index is 6.20. The van der Waals surface area contributed by atoms with Gasteiger partial charge in [-0.15, -0.1) is 0 Å². The first-order valence-corrected chi connectivity index (χ1v) is 14.4. The molecule has 2 heterocycles. The summed E-state index contributed by atoms with van der Waals surface area (Å²) in [6, 6.07) is 34.5. The van der Waals surface area contributed by atoms with Crippen LogP contribution in [0.2, 0.25) is 0 Å². The first-order valence-electron chi connectivity index (χ1n) is 14.4. The third kappa shape index (κ3) is 5.84. The molecule has 4 aromatic carbocycles. The van der Waals surface area contributed by atoms with E-state index < -0.39 is 0 Å². The summed E-state index contributed by atoms with van der Waals surface area (Å²) in [5, 5.41) is 0. The van der Waals surface area contributed by atoms with E-state index in [0.29, 0.717) is 19.1 Å². The van der Waals surface area contributed by atoms with Crippen molar-refractivity contribution in [1.29, 1.82) is 0 Å². The van der Waals surface area contributed by atoms with Gasteiger partial charge in [0, 0.05) is 11.1 Å². The third-order valence-electron chi connectivity index (χ3n) is 8.02. The van der Waals surface area contributed by atoms with E-state index in [-0.39, 0.29) is 12.2 Å². The van der Waals surface area contributed by atoms with Crippen molar-refractivity contribution >= 4 is 5.57 Å². The van der Waals surface area contributed by atoms with Crippen molar-refractivity contribution in [1.82, 2.24) is 0 Å². The summed E-state index contributed by atoms with van der Waals surface area (Å²) in [5.74, 6) is 2.29. The largest absolute Gasteiger partial charge is 0.490 e. The molecule has 4 heteroatoms. The number of rotatable bonds is 10. The Labute approximate surface area is 236 Å². The summed E-state index contributed by atoms with van der Waals surface area (Å²) >= 11 is 0. The summed E-state index contributed by atoms with van der Waals surface area (Å²) in [7, 11) is 0. The lowest BCUT2D eigenvalue weighted by Crippen LogP contribution is -2.08. The predicted molar refractivity (Wildman–Crippen MR) is 159 cm³/mol. The molecule has 1 aliphatic carbocycles. The summed E-state index contributed by atoms with van der Waals surface area (Å²) in [6.45, 7) is 2.79. The second-order valence-corrected chi connectivity index (χ2v) is 10.9. The highest BCUT2D eigenvalue weighted by atomic mass is 16.6. The van der Waals surface area contributed by atoms with Crippen LogP contribution in [0.4, 0.5) is 0 Å². The van der Waals surface area contributed by atoms with Gasteiger partial charge in [0.15, 0.2) is 0 Å². The fourth-order valence-electron chi connectivity index (χ4n) is 5.59. The molecular weight excluding hydrogens is 496 g/mol. The monoisotopic (exact) mass is 530 g/mol. The standard InChI is InChI=1S/C36H34O4/c1-3-8-25(9-4-1)33-19-29(14-16-35(33)39-23-31-21-37-31)27-12-7-13-28(18-27)30-15-17-36(40-24-32-22-38-32)34(20-30)26-10-5-2-6-11-26/h1-6,8-12,14-17,19-20,28,31-32H,7,13,18,21-24H2. The number of allylic oxidation sites excluding steroid dienone is 2. The van der Waals surface area contributed by atoms with Gasteiger partial charge in [-0.05, 0) is 77.3 Å². The maximum atomic E-state index is 6.20. The summed E-state index contributed by atoms with van der Waals surface area (Å²) in [6.07, 6.45) is 6.09. The fourth-order valence-corrected chi connectivity index (χ4v) is 5.59. The Morgan fingerprint density at radius 3 is 1.80 bits per heavy atom. The van der Waals surface area contributed by atoms with Gasteiger partial charge in [-0.1, -0.05) is 78.9 Å². The lowest BCUT2D eigenvalue weighted by molar-refractivity contribution is 0.264. The second-order valence-electron chi connectivity index (χ2n) is 10.9. The Morgan fingerprint density at radius 2 is 1.20 bits per heavy atom. The molecule has 40 heavy (non-hydrogen) atoms. The topological polar surface area (TPSA) is 43.5 Å². The van der Waals surface area contributed by atoms with Gasteiger partial charge < -0.3 is 18.9 Å². The minimum Gasteiger partial charge on any atom is -0.490 e. The average Bonchev–Trinajstić information content (AvgIpc) is 3.96. The highest BCUT2D eigenvalue weighted by Crippen LogP contribution is 2.42. The number of hydrogen-bond donors (Lipinski definition) is 0. The number of hydrogen-bond acceptors (Lipinski definition) is 4. The maximum Gasteiger partial charge on any atom is 0.127 e. The van der Waals surface area contributed by atoms with E-state index >= 15 is 0 Å². The smallest absolute Gasteiger partial charge is 0.127 e. The van der Waals surface area contributed by atoms with Crippen molar-refractivity contribution in [3.05, 3.63) is 114 Å². The Morgan fingerprint density at radius 1 is 0.625 bits per heavy atom. The number of benzene rings is 4. The van der Waals surface area contributed by atoms with Crippen LogP contribution in [0.25, 0.3) is 27.8 Å². The molecule has 0 N–H and O–H groups in total. The molecule has 0 saturated carbocycles. The van der Waals surface area contributed by atoms with Crippen molar-refractivity contribution < 1.29 is 18.9 Å². The molecule has 2 aliphatic heterocycles. The van der Waals surface area contributed by atoms with Crippen LogP contribution >= 0.6 is 0 Å². The van der Waals surface area contributed by atoms with Crippen molar-refractivity contribution in [2.75, 3.05) is 26.4 Å². The number of ether oxygens (including phenoxy) is 4. The van der Waals surface area contributed by atoms with E-state index in [0.717, 1.165) is 55.1 Å². The molecule has 0 radical (unpaired) electrons. The summed E-state index contributed by atoms with van der Waals surface area (Å²) < 4.78 is 23.1. The van der Waals surface area contributed by atoms with Crippen LogP contribution in [0.15, 0.2) is 103 Å². The van der Waals surface area contributed by atoms with Crippen LogP contribution in [-0.2, 0) is 9.47 Å². The van der Waals surface area contributed by atoms with E-state index in [4.69, 9.17) is 18.9 Å². The Kier molecular flexibility index (Phi) is 7.11. The van der Waals surface area contributed by atoms with E-state index in [1.807, 2.05) is 0 Å². The van der Waals surface area contributed by atoms with Crippen LogP contribution in [0.5, 0.6) is 11.5 Å². The van der Waals surface area contributed by atoms with Crippen LogP contribution in [0.1, 0.15) is 36.3 Å². The summed E-state index contributed by atoms with van der Waals surface area (Å²) in [5.41, 5.74) is 8.68. The second kappa shape index (κ2) is 11.3. The molecule has 2 saturated heterocycles. The molecule has 0 aromatic heterocycles. The van der Waals surface area contributed by atoms with E-state index in [2.05, 4.69) is 103 Å². The van der Waals surface area contributed by atoms with Gasteiger partial charge in [-0.3, -0.25) is 0 Å². The molecule has 0 spiro atoms. The van der Waals surface area contributed by atoms with Crippen LogP contribution in [-0.4, -0.2) is 38.6 Å². The molecule has 4 aromatic rings. The Balaban J connectivity index is 1.16. The van der Waals surface area contributed by atoms with Gasteiger partial charge in [0.25, 0.3) is 0 Å². The first kappa shape index (κ1) is 25.1. The fraction of sp³-hybridized carbons (Fsp3) is 0.278. The molecule has 3 atom stereocenters. The van der Waals surface area contributed by atoms with Crippen molar-refractivity contribution in [3.8, 4) is 33.8 Å².